The number of unbranched alkanes of at least 4 members (excludes halogenated alkanes) is 1. The molecule has 0 N–H and O–H groups in total. The van der Waals surface area contributed by atoms with Crippen LogP contribution < -0.4 is 0 Å². The van der Waals surface area contributed by atoms with Gasteiger partial charge in [-0.25, -0.2) is 0 Å². The lowest BCUT2D eigenvalue weighted by Crippen LogP contribution is -1.88. The highest BCUT2D eigenvalue weighted by atomic mass is 16.1. The van der Waals surface area contributed by atoms with E-state index in [1.54, 1.807) is 6.08 Å². The van der Waals surface area contributed by atoms with Gasteiger partial charge in [0.05, 0.1) is 0 Å². The Hall–Kier alpha value is -1.63. The van der Waals surface area contributed by atoms with E-state index in [1.165, 1.54) is 18.4 Å². The summed E-state index contributed by atoms with van der Waals surface area (Å²) < 4.78 is 0. The van der Waals surface area contributed by atoms with Crippen LogP contribution in [0.4, 0.5) is 0 Å². The number of hydrogen-bond donors (Lipinski definition) is 0. The summed E-state index contributed by atoms with van der Waals surface area (Å²) in [6.45, 7) is 5.88. The van der Waals surface area contributed by atoms with E-state index in [-0.39, 0.29) is 5.78 Å². The minimum atomic E-state index is 0.185. The molecule has 0 saturated carbocycles. The van der Waals surface area contributed by atoms with Crippen molar-refractivity contribution >= 4 is 5.78 Å². The van der Waals surface area contributed by atoms with Crippen LogP contribution in [-0.4, -0.2) is 5.78 Å². The van der Waals surface area contributed by atoms with Gasteiger partial charge in [0.15, 0.2) is 5.78 Å². The number of rotatable bonds is 10. The maximum atomic E-state index is 11.6. The molecule has 1 aliphatic rings. The first-order valence-corrected chi connectivity index (χ1v) is 8.00. The van der Waals surface area contributed by atoms with Gasteiger partial charge in [0.2, 0.25) is 0 Å². The lowest BCUT2D eigenvalue weighted by Gasteiger charge is -1.97. The summed E-state index contributed by atoms with van der Waals surface area (Å²) in [6.07, 6.45) is 23.7. The average Bonchev–Trinajstić information content (AvgIpc) is 2.95. The van der Waals surface area contributed by atoms with Crippen molar-refractivity contribution in [3.05, 3.63) is 60.8 Å². The SMILES string of the molecule is C=C(C)CC/C=C/CC(=O)/C=C/CC/C=C/C1C=CCC1. The standard InChI is InChI=1S/C20H28O/c1-18(2)12-6-5-9-17-20(21)16-8-4-3-7-13-19-14-10-11-15-19/h5,7-10,13-14,16,19H,1,3-4,6,11-12,15,17H2,2H3/b9-5+,13-7+,16-8+. The highest BCUT2D eigenvalue weighted by Crippen LogP contribution is 2.18. The number of ketones is 1. The molecule has 0 fully saturated rings. The summed E-state index contributed by atoms with van der Waals surface area (Å²) in [4.78, 5) is 11.6. The van der Waals surface area contributed by atoms with Gasteiger partial charge in [0.1, 0.15) is 0 Å². The topological polar surface area (TPSA) is 17.1 Å². The normalized spacial score (nSPS) is 18.4. The molecule has 0 aromatic rings. The minimum absolute atomic E-state index is 0.185. The minimum Gasteiger partial charge on any atom is -0.295 e. The van der Waals surface area contributed by atoms with Gasteiger partial charge in [-0.15, -0.1) is 6.58 Å². The molecule has 0 aromatic carbocycles. The summed E-state index contributed by atoms with van der Waals surface area (Å²) in [6, 6.07) is 0. The molecule has 114 valence electrons. The first-order chi connectivity index (χ1) is 10.2. The molecule has 0 aromatic heterocycles. The molecule has 1 rings (SSSR count). The Bertz CT molecular complexity index is 435. The molecule has 0 spiro atoms. The monoisotopic (exact) mass is 284 g/mol. The van der Waals surface area contributed by atoms with Crippen molar-refractivity contribution in [2.24, 2.45) is 5.92 Å². The molecular formula is C20H28O. The second kappa shape index (κ2) is 11.1. The largest absolute Gasteiger partial charge is 0.295 e. The molecule has 0 saturated heterocycles. The molecule has 0 amide bonds. The second-order valence-corrected chi connectivity index (χ2v) is 5.71. The quantitative estimate of drug-likeness (QED) is 0.285. The zero-order valence-corrected chi connectivity index (χ0v) is 13.3. The van der Waals surface area contributed by atoms with Gasteiger partial charge in [-0.2, -0.15) is 0 Å². The highest BCUT2D eigenvalue weighted by molar-refractivity contribution is 5.90. The van der Waals surface area contributed by atoms with Crippen molar-refractivity contribution in [2.75, 3.05) is 0 Å². The lowest BCUT2D eigenvalue weighted by atomic mass is 10.1. The maximum Gasteiger partial charge on any atom is 0.159 e. The van der Waals surface area contributed by atoms with Crippen LogP contribution in [0.3, 0.4) is 0 Å². The Morgan fingerprint density at radius 1 is 1.19 bits per heavy atom. The van der Waals surface area contributed by atoms with E-state index >= 15 is 0 Å². The van der Waals surface area contributed by atoms with Crippen LogP contribution in [-0.2, 0) is 4.79 Å². The second-order valence-electron chi connectivity index (χ2n) is 5.71. The lowest BCUT2D eigenvalue weighted by molar-refractivity contribution is -0.113. The predicted molar refractivity (Wildman–Crippen MR) is 92.2 cm³/mol. The third-order valence-electron chi connectivity index (χ3n) is 3.46. The van der Waals surface area contributed by atoms with Gasteiger partial charge in [-0.05, 0) is 57.4 Å². The summed E-state index contributed by atoms with van der Waals surface area (Å²) in [5, 5.41) is 0. The van der Waals surface area contributed by atoms with E-state index in [1.807, 2.05) is 19.1 Å². The molecule has 1 heteroatoms. The van der Waals surface area contributed by atoms with Crippen LogP contribution in [0.2, 0.25) is 0 Å². The molecular weight excluding hydrogens is 256 g/mol. The average molecular weight is 284 g/mol. The van der Waals surface area contributed by atoms with Crippen LogP contribution >= 0.6 is 0 Å². The van der Waals surface area contributed by atoms with Crippen LogP contribution in [0.5, 0.6) is 0 Å². The van der Waals surface area contributed by atoms with E-state index in [4.69, 9.17) is 0 Å². The van der Waals surface area contributed by atoms with Gasteiger partial charge in [-0.1, -0.05) is 48.1 Å². The number of hydrogen-bond acceptors (Lipinski definition) is 1. The Labute approximate surface area is 129 Å². The molecule has 21 heavy (non-hydrogen) atoms. The van der Waals surface area contributed by atoms with Gasteiger partial charge in [0, 0.05) is 6.42 Å². The van der Waals surface area contributed by atoms with Crippen molar-refractivity contribution in [3.8, 4) is 0 Å². The van der Waals surface area contributed by atoms with Gasteiger partial charge in [0.25, 0.3) is 0 Å². The fourth-order valence-electron chi connectivity index (χ4n) is 2.21. The molecule has 1 aliphatic carbocycles. The first-order valence-electron chi connectivity index (χ1n) is 8.00. The van der Waals surface area contributed by atoms with E-state index in [0.29, 0.717) is 12.3 Å². The fraction of sp³-hybridized carbons (Fsp3) is 0.450. The third kappa shape index (κ3) is 9.84. The third-order valence-corrected chi connectivity index (χ3v) is 3.46. The molecule has 0 aliphatic heterocycles. The molecule has 1 atom stereocenters. The van der Waals surface area contributed by atoms with E-state index in [0.717, 1.165) is 25.7 Å². The van der Waals surface area contributed by atoms with Crippen LogP contribution in [0.25, 0.3) is 0 Å². The maximum absolute atomic E-state index is 11.6. The van der Waals surface area contributed by atoms with Crippen LogP contribution in [0.15, 0.2) is 60.8 Å². The van der Waals surface area contributed by atoms with Gasteiger partial charge >= 0.3 is 0 Å². The van der Waals surface area contributed by atoms with E-state index in [9.17, 15) is 4.79 Å². The Morgan fingerprint density at radius 3 is 2.71 bits per heavy atom. The van der Waals surface area contributed by atoms with E-state index in [2.05, 4.69) is 37.0 Å². The summed E-state index contributed by atoms with van der Waals surface area (Å²) in [5.41, 5.74) is 1.19. The predicted octanol–water partition coefficient (Wildman–Crippen LogP) is 5.72. The summed E-state index contributed by atoms with van der Waals surface area (Å²) in [5.74, 6) is 0.823. The first kappa shape index (κ1) is 17.4. The molecule has 0 radical (unpaired) electrons. The smallest absolute Gasteiger partial charge is 0.159 e. The molecule has 0 heterocycles. The zero-order valence-electron chi connectivity index (χ0n) is 13.3. The summed E-state index contributed by atoms with van der Waals surface area (Å²) >= 11 is 0. The number of carbonyl (C=O) groups excluding carboxylic acids is 1. The molecule has 0 bridgehead atoms. The molecule has 1 unspecified atom stereocenters. The summed E-state index contributed by atoms with van der Waals surface area (Å²) in [7, 11) is 0. The Kier molecular flexibility index (Phi) is 9.19. The molecule has 1 nitrogen and oxygen atoms in total. The highest BCUT2D eigenvalue weighted by Gasteiger charge is 2.03. The number of carbonyl (C=O) groups is 1. The van der Waals surface area contributed by atoms with Crippen molar-refractivity contribution in [3.63, 3.8) is 0 Å². The van der Waals surface area contributed by atoms with Crippen LogP contribution in [0.1, 0.15) is 51.9 Å². The Morgan fingerprint density at radius 2 is 2.00 bits per heavy atom. The van der Waals surface area contributed by atoms with Crippen molar-refractivity contribution in [1.82, 2.24) is 0 Å². The van der Waals surface area contributed by atoms with Crippen LogP contribution in [0, 0.1) is 5.92 Å². The van der Waals surface area contributed by atoms with Gasteiger partial charge < -0.3 is 0 Å². The fourth-order valence-corrected chi connectivity index (χ4v) is 2.21. The van der Waals surface area contributed by atoms with E-state index < -0.39 is 0 Å². The van der Waals surface area contributed by atoms with Crippen molar-refractivity contribution in [1.29, 1.82) is 0 Å². The van der Waals surface area contributed by atoms with Crippen molar-refractivity contribution in [2.45, 2.75) is 51.9 Å². The number of allylic oxidation sites excluding steroid dienone is 9. The zero-order chi connectivity index (χ0) is 15.3. The van der Waals surface area contributed by atoms with Crippen molar-refractivity contribution < 1.29 is 4.79 Å². The van der Waals surface area contributed by atoms with Gasteiger partial charge in [-0.3, -0.25) is 4.79 Å². The Balaban J connectivity index is 2.05.